The predicted octanol–water partition coefficient (Wildman–Crippen LogP) is 4.64. The van der Waals surface area contributed by atoms with Gasteiger partial charge in [0, 0.05) is 15.1 Å². The first-order valence-electron chi connectivity index (χ1n) is 5.47. The highest BCUT2D eigenvalue weighted by Gasteiger charge is 2.14. The first-order valence-corrected chi connectivity index (χ1v) is 7.17. The smallest absolute Gasteiger partial charge is 0.345 e. The zero-order valence-electron chi connectivity index (χ0n) is 9.64. The minimum Gasteiger partial charge on any atom is -0.477 e. The highest BCUT2D eigenvalue weighted by Crippen LogP contribution is 2.38. The molecule has 18 heavy (non-hydrogen) atoms. The van der Waals surface area contributed by atoms with E-state index in [9.17, 15) is 4.79 Å². The van der Waals surface area contributed by atoms with Gasteiger partial charge in [-0.25, -0.2) is 4.79 Å². The zero-order chi connectivity index (χ0) is 12.7. The van der Waals surface area contributed by atoms with Gasteiger partial charge in [-0.1, -0.05) is 18.2 Å². The lowest BCUT2D eigenvalue weighted by Gasteiger charge is -2.01. The van der Waals surface area contributed by atoms with Gasteiger partial charge in [-0.2, -0.15) is 0 Å². The fourth-order valence-corrected chi connectivity index (χ4v) is 4.05. The fourth-order valence-electron chi connectivity index (χ4n) is 2.03. The van der Waals surface area contributed by atoms with Crippen LogP contribution in [-0.4, -0.2) is 11.1 Å². The van der Waals surface area contributed by atoms with Gasteiger partial charge in [0.1, 0.15) is 4.88 Å². The normalized spacial score (nSPS) is 10.9. The molecule has 0 saturated carbocycles. The van der Waals surface area contributed by atoms with E-state index in [4.69, 9.17) is 5.11 Å². The van der Waals surface area contributed by atoms with E-state index in [1.54, 1.807) is 17.4 Å². The summed E-state index contributed by atoms with van der Waals surface area (Å²) in [5.74, 6) is -0.854. The number of hydrogen-bond acceptors (Lipinski definition) is 3. The van der Waals surface area contributed by atoms with Crippen LogP contribution in [0.25, 0.3) is 20.5 Å². The first kappa shape index (κ1) is 11.4. The number of hydrogen-bond donors (Lipinski definition) is 1. The molecule has 3 rings (SSSR count). The number of thiophene rings is 2. The van der Waals surface area contributed by atoms with E-state index in [1.165, 1.54) is 21.4 Å². The lowest BCUT2D eigenvalue weighted by atomic mass is 10.1. The Bertz CT molecular complexity index is 737. The molecule has 90 valence electrons. The standard InChI is InChI=1S/C14H10O2S2/c1-8-7-11(14(15)16)18-12(8)10-4-2-3-9-5-6-17-13(9)10/h2-7H,1H3,(H,15,16). The Hall–Kier alpha value is -1.65. The molecule has 1 aromatic carbocycles. The molecule has 0 aliphatic rings. The molecule has 2 heterocycles. The number of carboxylic acid groups (broad SMARTS) is 1. The van der Waals surface area contributed by atoms with E-state index in [0.29, 0.717) is 4.88 Å². The molecule has 0 aliphatic heterocycles. The maximum Gasteiger partial charge on any atom is 0.345 e. The molecule has 0 unspecified atom stereocenters. The van der Waals surface area contributed by atoms with E-state index in [1.807, 2.05) is 13.0 Å². The summed E-state index contributed by atoms with van der Waals surface area (Å²) in [5.41, 5.74) is 2.16. The predicted molar refractivity (Wildman–Crippen MR) is 76.8 cm³/mol. The average Bonchev–Trinajstić information content (AvgIpc) is 2.94. The van der Waals surface area contributed by atoms with E-state index >= 15 is 0 Å². The summed E-state index contributed by atoms with van der Waals surface area (Å²) in [6, 6.07) is 9.99. The summed E-state index contributed by atoms with van der Waals surface area (Å²) in [6.45, 7) is 1.96. The lowest BCUT2D eigenvalue weighted by molar-refractivity contribution is 0.0702. The summed E-state index contributed by atoms with van der Waals surface area (Å²) in [7, 11) is 0. The zero-order valence-corrected chi connectivity index (χ0v) is 11.3. The van der Waals surface area contributed by atoms with Crippen LogP contribution in [0.5, 0.6) is 0 Å². The summed E-state index contributed by atoms with van der Waals surface area (Å²) in [5, 5.41) is 12.3. The molecule has 3 aromatic rings. The third kappa shape index (κ3) is 1.74. The largest absolute Gasteiger partial charge is 0.477 e. The van der Waals surface area contributed by atoms with Crippen LogP contribution in [-0.2, 0) is 0 Å². The Kier molecular flexibility index (Phi) is 2.69. The van der Waals surface area contributed by atoms with Gasteiger partial charge >= 0.3 is 5.97 Å². The number of fused-ring (bicyclic) bond motifs is 1. The van der Waals surface area contributed by atoms with Crippen LogP contribution in [0.3, 0.4) is 0 Å². The summed E-state index contributed by atoms with van der Waals surface area (Å²) < 4.78 is 1.22. The third-order valence-electron chi connectivity index (χ3n) is 2.85. The van der Waals surface area contributed by atoms with Crippen molar-refractivity contribution in [2.24, 2.45) is 0 Å². The van der Waals surface area contributed by atoms with Crippen molar-refractivity contribution in [3.05, 3.63) is 46.2 Å². The molecule has 0 amide bonds. The minimum atomic E-state index is -0.854. The van der Waals surface area contributed by atoms with Gasteiger partial charge in [-0.15, -0.1) is 22.7 Å². The van der Waals surface area contributed by atoms with Crippen molar-refractivity contribution in [3.63, 3.8) is 0 Å². The van der Waals surface area contributed by atoms with Gasteiger partial charge < -0.3 is 5.11 Å². The van der Waals surface area contributed by atoms with Gasteiger partial charge in [0.25, 0.3) is 0 Å². The number of benzene rings is 1. The molecule has 0 radical (unpaired) electrons. The summed E-state index contributed by atoms with van der Waals surface area (Å²) in [6.07, 6.45) is 0. The fraction of sp³-hybridized carbons (Fsp3) is 0.0714. The molecule has 2 nitrogen and oxygen atoms in total. The molecular weight excluding hydrogens is 264 g/mol. The van der Waals surface area contributed by atoms with Gasteiger partial charge in [0.15, 0.2) is 0 Å². The molecule has 2 aromatic heterocycles. The van der Waals surface area contributed by atoms with Gasteiger partial charge in [0.2, 0.25) is 0 Å². The molecular formula is C14H10O2S2. The second kappa shape index (κ2) is 4.23. The number of aryl methyl sites for hydroxylation is 1. The van der Waals surface area contributed by atoms with Crippen LogP contribution in [0.4, 0.5) is 0 Å². The van der Waals surface area contributed by atoms with Crippen molar-refractivity contribution >= 4 is 38.7 Å². The molecule has 0 atom stereocenters. The van der Waals surface area contributed by atoms with Crippen molar-refractivity contribution in [2.75, 3.05) is 0 Å². The van der Waals surface area contributed by atoms with Crippen molar-refractivity contribution in [1.82, 2.24) is 0 Å². The molecule has 0 saturated heterocycles. The maximum atomic E-state index is 11.0. The van der Waals surface area contributed by atoms with Crippen LogP contribution in [0.15, 0.2) is 35.7 Å². The molecule has 0 spiro atoms. The second-order valence-corrected chi connectivity index (χ2v) is 6.04. The number of rotatable bonds is 2. The Balaban J connectivity index is 2.26. The topological polar surface area (TPSA) is 37.3 Å². The Morgan fingerprint density at radius 3 is 2.83 bits per heavy atom. The Morgan fingerprint density at radius 2 is 2.11 bits per heavy atom. The van der Waals surface area contributed by atoms with Crippen molar-refractivity contribution < 1.29 is 9.90 Å². The quantitative estimate of drug-likeness (QED) is 0.739. The monoisotopic (exact) mass is 274 g/mol. The molecule has 0 aliphatic carbocycles. The summed E-state index contributed by atoms with van der Waals surface area (Å²) in [4.78, 5) is 12.5. The SMILES string of the molecule is Cc1cc(C(=O)O)sc1-c1cccc2ccsc12. The Labute approximate surface area is 112 Å². The van der Waals surface area contributed by atoms with Gasteiger partial charge in [-0.3, -0.25) is 0 Å². The highest BCUT2D eigenvalue weighted by atomic mass is 32.1. The van der Waals surface area contributed by atoms with Crippen molar-refractivity contribution in [1.29, 1.82) is 0 Å². The van der Waals surface area contributed by atoms with E-state index < -0.39 is 5.97 Å². The van der Waals surface area contributed by atoms with Crippen LogP contribution in [0.1, 0.15) is 15.2 Å². The maximum absolute atomic E-state index is 11.0. The molecule has 0 fully saturated rings. The molecule has 4 heteroatoms. The van der Waals surface area contributed by atoms with E-state index in [2.05, 4.69) is 23.6 Å². The van der Waals surface area contributed by atoms with Crippen LogP contribution in [0, 0.1) is 6.92 Å². The second-order valence-electron chi connectivity index (χ2n) is 4.07. The average molecular weight is 274 g/mol. The number of carbonyl (C=O) groups is 1. The summed E-state index contributed by atoms with van der Waals surface area (Å²) >= 11 is 3.04. The van der Waals surface area contributed by atoms with Crippen molar-refractivity contribution in [3.8, 4) is 10.4 Å². The van der Waals surface area contributed by atoms with Crippen molar-refractivity contribution in [2.45, 2.75) is 6.92 Å². The lowest BCUT2D eigenvalue weighted by Crippen LogP contribution is -1.89. The van der Waals surface area contributed by atoms with Gasteiger partial charge in [0.05, 0.1) is 0 Å². The van der Waals surface area contributed by atoms with Gasteiger partial charge in [-0.05, 0) is 35.4 Å². The van der Waals surface area contributed by atoms with E-state index in [-0.39, 0.29) is 0 Å². The Morgan fingerprint density at radius 1 is 1.28 bits per heavy atom. The van der Waals surface area contributed by atoms with Crippen LogP contribution in [0.2, 0.25) is 0 Å². The van der Waals surface area contributed by atoms with E-state index in [0.717, 1.165) is 16.0 Å². The number of aromatic carboxylic acids is 1. The molecule has 1 N–H and O–H groups in total. The van der Waals surface area contributed by atoms with Crippen LogP contribution >= 0.6 is 22.7 Å². The third-order valence-corrected chi connectivity index (χ3v) is 5.07. The molecule has 0 bridgehead atoms. The number of carboxylic acids is 1. The van der Waals surface area contributed by atoms with Crippen LogP contribution < -0.4 is 0 Å². The minimum absolute atomic E-state index is 0.399. The first-order chi connectivity index (χ1) is 8.66. The highest BCUT2D eigenvalue weighted by molar-refractivity contribution is 7.20.